The predicted octanol–water partition coefficient (Wildman–Crippen LogP) is 5.08. The van der Waals surface area contributed by atoms with Gasteiger partial charge in [-0.25, -0.2) is 4.39 Å². The SMILES string of the molecule is O=C1/C(=C\c2ccc(-c3ccccc3F)o2)SC(=S)N1Cc1ccco1. The van der Waals surface area contributed by atoms with Crippen LogP contribution in [0.2, 0.25) is 0 Å². The molecule has 1 amide bonds. The van der Waals surface area contributed by atoms with Gasteiger partial charge in [-0.15, -0.1) is 0 Å². The number of carbonyl (C=O) groups is 1. The zero-order valence-corrected chi connectivity index (χ0v) is 15.0. The minimum Gasteiger partial charge on any atom is -0.467 e. The quantitative estimate of drug-likeness (QED) is 0.463. The first-order chi connectivity index (χ1) is 12.6. The van der Waals surface area contributed by atoms with Gasteiger partial charge < -0.3 is 8.83 Å². The van der Waals surface area contributed by atoms with Gasteiger partial charge in [-0.2, -0.15) is 0 Å². The summed E-state index contributed by atoms with van der Waals surface area (Å²) in [5.41, 5.74) is 0.373. The molecule has 3 heterocycles. The van der Waals surface area contributed by atoms with Crippen molar-refractivity contribution in [2.24, 2.45) is 0 Å². The van der Waals surface area contributed by atoms with Crippen molar-refractivity contribution in [2.75, 3.05) is 0 Å². The summed E-state index contributed by atoms with van der Waals surface area (Å²) in [5, 5.41) is 0. The normalized spacial score (nSPS) is 16.0. The molecule has 7 heteroatoms. The average Bonchev–Trinajstić information content (AvgIpc) is 3.35. The number of thiocarbonyl (C=S) groups is 1. The molecule has 0 spiro atoms. The van der Waals surface area contributed by atoms with E-state index in [4.69, 9.17) is 21.1 Å². The molecule has 3 aromatic rings. The molecule has 1 aromatic carbocycles. The van der Waals surface area contributed by atoms with Gasteiger partial charge in [0.05, 0.1) is 23.3 Å². The molecule has 1 aliphatic rings. The van der Waals surface area contributed by atoms with Crippen LogP contribution in [0.4, 0.5) is 4.39 Å². The number of hydrogen-bond donors (Lipinski definition) is 0. The molecule has 4 rings (SSSR count). The van der Waals surface area contributed by atoms with Crippen molar-refractivity contribution < 1.29 is 18.0 Å². The Bertz CT molecular complexity index is 1010. The van der Waals surface area contributed by atoms with Gasteiger partial charge in [-0.3, -0.25) is 9.69 Å². The minimum absolute atomic E-state index is 0.208. The molecule has 0 N–H and O–H groups in total. The number of hydrogen-bond acceptors (Lipinski definition) is 5. The Morgan fingerprint density at radius 3 is 2.77 bits per heavy atom. The smallest absolute Gasteiger partial charge is 0.266 e. The summed E-state index contributed by atoms with van der Waals surface area (Å²) >= 11 is 6.49. The van der Waals surface area contributed by atoms with Crippen molar-refractivity contribution in [3.05, 3.63) is 77.0 Å². The summed E-state index contributed by atoms with van der Waals surface area (Å²) in [5.74, 6) is 0.947. The van der Waals surface area contributed by atoms with Gasteiger partial charge in [0, 0.05) is 6.08 Å². The zero-order chi connectivity index (χ0) is 18.1. The van der Waals surface area contributed by atoms with Crippen LogP contribution in [0.15, 0.2) is 68.5 Å². The molecule has 0 aliphatic carbocycles. The second-order valence-corrected chi connectivity index (χ2v) is 7.20. The molecule has 0 saturated carbocycles. The van der Waals surface area contributed by atoms with Crippen LogP contribution in [-0.4, -0.2) is 15.1 Å². The fourth-order valence-electron chi connectivity index (χ4n) is 2.56. The maximum absolute atomic E-state index is 13.9. The fourth-order valence-corrected chi connectivity index (χ4v) is 3.80. The highest BCUT2D eigenvalue weighted by atomic mass is 32.2. The number of rotatable bonds is 4. The molecule has 26 heavy (non-hydrogen) atoms. The highest BCUT2D eigenvalue weighted by molar-refractivity contribution is 8.26. The van der Waals surface area contributed by atoms with Crippen LogP contribution in [0.5, 0.6) is 0 Å². The number of nitrogens with zero attached hydrogens (tertiary/aromatic N) is 1. The first-order valence-electron chi connectivity index (χ1n) is 7.74. The van der Waals surface area contributed by atoms with E-state index >= 15 is 0 Å². The number of amides is 1. The summed E-state index contributed by atoms with van der Waals surface area (Å²) in [6.07, 6.45) is 3.17. The van der Waals surface area contributed by atoms with Gasteiger partial charge in [-0.1, -0.05) is 36.1 Å². The van der Waals surface area contributed by atoms with Crippen LogP contribution >= 0.6 is 24.0 Å². The van der Waals surface area contributed by atoms with Crippen molar-refractivity contribution in [1.82, 2.24) is 4.90 Å². The second-order valence-electron chi connectivity index (χ2n) is 5.53. The van der Waals surface area contributed by atoms with Crippen molar-refractivity contribution in [2.45, 2.75) is 6.54 Å². The van der Waals surface area contributed by atoms with Gasteiger partial charge >= 0.3 is 0 Å². The first kappa shape index (κ1) is 16.8. The number of carbonyl (C=O) groups excluding carboxylic acids is 1. The Hall–Kier alpha value is -2.64. The lowest BCUT2D eigenvalue weighted by atomic mass is 10.1. The Morgan fingerprint density at radius 1 is 1.15 bits per heavy atom. The van der Waals surface area contributed by atoms with E-state index in [-0.39, 0.29) is 18.3 Å². The van der Waals surface area contributed by atoms with E-state index in [2.05, 4.69) is 0 Å². The van der Waals surface area contributed by atoms with Crippen molar-refractivity contribution >= 4 is 40.3 Å². The van der Waals surface area contributed by atoms with Crippen LogP contribution in [0.25, 0.3) is 17.4 Å². The van der Waals surface area contributed by atoms with E-state index in [1.165, 1.54) is 22.7 Å². The third-order valence-corrected chi connectivity index (χ3v) is 5.18. The van der Waals surface area contributed by atoms with E-state index in [9.17, 15) is 9.18 Å². The maximum atomic E-state index is 13.9. The molecule has 0 atom stereocenters. The highest BCUT2D eigenvalue weighted by Crippen LogP contribution is 2.34. The van der Waals surface area contributed by atoms with Gasteiger partial charge in [0.25, 0.3) is 5.91 Å². The Morgan fingerprint density at radius 2 is 2.00 bits per heavy atom. The van der Waals surface area contributed by atoms with Gasteiger partial charge in [0.1, 0.15) is 27.4 Å². The van der Waals surface area contributed by atoms with Crippen molar-refractivity contribution in [3.63, 3.8) is 0 Å². The predicted molar refractivity (Wildman–Crippen MR) is 102 cm³/mol. The monoisotopic (exact) mass is 385 g/mol. The molecule has 1 saturated heterocycles. The lowest BCUT2D eigenvalue weighted by Crippen LogP contribution is -2.27. The van der Waals surface area contributed by atoms with E-state index in [0.29, 0.717) is 32.1 Å². The van der Waals surface area contributed by atoms with Crippen LogP contribution in [0.1, 0.15) is 11.5 Å². The average molecular weight is 385 g/mol. The Balaban J connectivity index is 1.56. The number of halogens is 1. The van der Waals surface area contributed by atoms with E-state index in [0.717, 1.165) is 0 Å². The van der Waals surface area contributed by atoms with Crippen LogP contribution < -0.4 is 0 Å². The molecule has 130 valence electrons. The van der Waals surface area contributed by atoms with Crippen molar-refractivity contribution in [1.29, 1.82) is 0 Å². The van der Waals surface area contributed by atoms with Crippen LogP contribution in [0, 0.1) is 5.82 Å². The molecule has 4 nitrogen and oxygen atoms in total. The molecule has 0 unspecified atom stereocenters. The number of benzene rings is 1. The standard InChI is InChI=1S/C19H12FNO3S2/c20-15-6-2-1-5-14(15)16-8-7-12(24-16)10-17-18(22)21(19(25)26-17)11-13-4-3-9-23-13/h1-10H,11H2/b17-10+. The van der Waals surface area contributed by atoms with Gasteiger partial charge in [0.15, 0.2) is 0 Å². The van der Waals surface area contributed by atoms with Gasteiger partial charge in [-0.05, 0) is 36.4 Å². The summed E-state index contributed by atoms with van der Waals surface area (Å²) in [6, 6.07) is 13.3. The minimum atomic E-state index is -0.363. The number of thioether (sulfide) groups is 1. The summed E-state index contributed by atoms with van der Waals surface area (Å²) in [7, 11) is 0. The largest absolute Gasteiger partial charge is 0.467 e. The molecule has 2 aromatic heterocycles. The van der Waals surface area contributed by atoms with E-state index in [1.54, 1.807) is 54.8 Å². The Labute approximate surface area is 158 Å². The summed E-state index contributed by atoms with van der Waals surface area (Å²) < 4.78 is 25.3. The summed E-state index contributed by atoms with van der Waals surface area (Å²) in [6.45, 7) is 0.285. The molecule has 0 radical (unpaired) electrons. The molecular weight excluding hydrogens is 373 g/mol. The first-order valence-corrected chi connectivity index (χ1v) is 8.97. The topological polar surface area (TPSA) is 46.6 Å². The maximum Gasteiger partial charge on any atom is 0.266 e. The lowest BCUT2D eigenvalue weighted by molar-refractivity contribution is -0.122. The molecule has 1 fully saturated rings. The fraction of sp³-hybridized carbons (Fsp3) is 0.0526. The molecule has 1 aliphatic heterocycles. The lowest BCUT2D eigenvalue weighted by Gasteiger charge is -2.11. The zero-order valence-electron chi connectivity index (χ0n) is 13.3. The summed E-state index contributed by atoms with van der Waals surface area (Å²) in [4.78, 5) is 14.5. The number of furan rings is 2. The molecule has 0 bridgehead atoms. The van der Waals surface area contributed by atoms with Crippen molar-refractivity contribution in [3.8, 4) is 11.3 Å². The second kappa shape index (κ2) is 6.93. The van der Waals surface area contributed by atoms with E-state index in [1.807, 2.05) is 0 Å². The molecular formula is C19H12FNO3S2. The third kappa shape index (κ3) is 3.23. The highest BCUT2D eigenvalue weighted by Gasteiger charge is 2.32. The van der Waals surface area contributed by atoms with Crippen LogP contribution in [-0.2, 0) is 11.3 Å². The van der Waals surface area contributed by atoms with Crippen LogP contribution in [0.3, 0.4) is 0 Å². The Kier molecular flexibility index (Phi) is 4.48. The van der Waals surface area contributed by atoms with E-state index < -0.39 is 0 Å². The van der Waals surface area contributed by atoms with Gasteiger partial charge in [0.2, 0.25) is 0 Å². The third-order valence-electron chi connectivity index (χ3n) is 3.81.